The lowest BCUT2D eigenvalue weighted by Crippen LogP contribution is -2.13. The van der Waals surface area contributed by atoms with E-state index in [1.165, 1.54) is 5.56 Å². The molecule has 2 heterocycles. The van der Waals surface area contributed by atoms with Crippen LogP contribution in [0.15, 0.2) is 18.5 Å². The van der Waals surface area contributed by atoms with Gasteiger partial charge in [-0.05, 0) is 18.1 Å². The zero-order valence-electron chi connectivity index (χ0n) is 7.58. The third-order valence-corrected chi connectivity index (χ3v) is 2.34. The lowest BCUT2D eigenvalue weighted by Gasteiger charge is -2.06. The van der Waals surface area contributed by atoms with Crippen LogP contribution in [-0.2, 0) is 4.79 Å². The van der Waals surface area contributed by atoms with E-state index in [0.717, 1.165) is 12.1 Å². The number of pyridine rings is 1. The first-order valence-corrected chi connectivity index (χ1v) is 4.44. The second-order valence-corrected chi connectivity index (χ2v) is 3.50. The number of aryl methyl sites for hydroxylation is 1. The molecule has 13 heavy (non-hydrogen) atoms. The average molecular weight is 176 g/mol. The van der Waals surface area contributed by atoms with Crippen molar-refractivity contribution in [2.24, 2.45) is 0 Å². The van der Waals surface area contributed by atoms with Gasteiger partial charge in [0.25, 0.3) is 0 Å². The van der Waals surface area contributed by atoms with Crippen LogP contribution < -0.4 is 5.32 Å². The van der Waals surface area contributed by atoms with Crippen molar-refractivity contribution in [1.29, 1.82) is 0 Å². The minimum atomic E-state index is 0.145. The topological polar surface area (TPSA) is 42.0 Å². The Morgan fingerprint density at radius 3 is 3.00 bits per heavy atom. The standard InChI is InChI=1S/C10H12N2O/c1-7-2-8(5-11-4-7)9-3-10(13)12-6-9/h2,4-5,9H,3,6H2,1H3,(H,12,13). The van der Waals surface area contributed by atoms with Gasteiger partial charge in [0.05, 0.1) is 0 Å². The van der Waals surface area contributed by atoms with E-state index in [-0.39, 0.29) is 5.91 Å². The van der Waals surface area contributed by atoms with E-state index in [4.69, 9.17) is 0 Å². The van der Waals surface area contributed by atoms with E-state index >= 15 is 0 Å². The molecule has 0 aromatic carbocycles. The second kappa shape index (κ2) is 3.17. The van der Waals surface area contributed by atoms with Gasteiger partial charge in [-0.1, -0.05) is 6.07 Å². The van der Waals surface area contributed by atoms with Crippen LogP contribution in [0, 0.1) is 6.92 Å². The fourth-order valence-corrected chi connectivity index (χ4v) is 1.64. The van der Waals surface area contributed by atoms with Gasteiger partial charge in [0.2, 0.25) is 5.91 Å². The molecule has 0 spiro atoms. The summed E-state index contributed by atoms with van der Waals surface area (Å²) in [5.74, 6) is 0.464. The van der Waals surface area contributed by atoms with Crippen molar-refractivity contribution in [1.82, 2.24) is 10.3 Å². The number of hydrogen-bond donors (Lipinski definition) is 1. The molecule has 3 nitrogen and oxygen atoms in total. The van der Waals surface area contributed by atoms with Gasteiger partial charge >= 0.3 is 0 Å². The van der Waals surface area contributed by atoms with Gasteiger partial charge in [0, 0.05) is 31.3 Å². The van der Waals surface area contributed by atoms with Gasteiger partial charge in [-0.3, -0.25) is 9.78 Å². The van der Waals surface area contributed by atoms with E-state index in [9.17, 15) is 4.79 Å². The average Bonchev–Trinajstić information content (AvgIpc) is 2.52. The number of nitrogens with one attached hydrogen (secondary N) is 1. The molecule has 68 valence electrons. The fraction of sp³-hybridized carbons (Fsp3) is 0.400. The van der Waals surface area contributed by atoms with Crippen LogP contribution in [0.4, 0.5) is 0 Å². The first-order chi connectivity index (χ1) is 6.25. The quantitative estimate of drug-likeness (QED) is 0.693. The summed E-state index contributed by atoms with van der Waals surface area (Å²) in [5.41, 5.74) is 2.31. The molecule has 0 radical (unpaired) electrons. The Morgan fingerprint density at radius 2 is 2.38 bits per heavy atom. The van der Waals surface area contributed by atoms with Crippen LogP contribution in [0.1, 0.15) is 23.5 Å². The van der Waals surface area contributed by atoms with Crippen molar-refractivity contribution < 1.29 is 4.79 Å². The van der Waals surface area contributed by atoms with E-state index in [2.05, 4.69) is 16.4 Å². The summed E-state index contributed by atoms with van der Waals surface area (Å²) in [6, 6.07) is 2.10. The van der Waals surface area contributed by atoms with E-state index in [1.807, 2.05) is 19.3 Å². The van der Waals surface area contributed by atoms with Gasteiger partial charge in [-0.25, -0.2) is 0 Å². The molecule has 1 fully saturated rings. The number of carbonyl (C=O) groups is 1. The maximum Gasteiger partial charge on any atom is 0.220 e. The van der Waals surface area contributed by atoms with Gasteiger partial charge in [0.15, 0.2) is 0 Å². The summed E-state index contributed by atoms with van der Waals surface area (Å²) in [6.07, 6.45) is 4.27. The number of hydrogen-bond acceptors (Lipinski definition) is 2. The smallest absolute Gasteiger partial charge is 0.220 e. The van der Waals surface area contributed by atoms with Crippen molar-refractivity contribution in [2.75, 3.05) is 6.54 Å². The van der Waals surface area contributed by atoms with E-state index in [1.54, 1.807) is 0 Å². The molecule has 1 saturated heterocycles. The lowest BCUT2D eigenvalue weighted by atomic mass is 9.99. The minimum absolute atomic E-state index is 0.145. The maximum atomic E-state index is 11.0. The Bertz CT molecular complexity index is 335. The van der Waals surface area contributed by atoms with Crippen LogP contribution in [0.2, 0.25) is 0 Å². The molecule has 3 heteroatoms. The number of amides is 1. The monoisotopic (exact) mass is 176 g/mol. The van der Waals surface area contributed by atoms with Crippen molar-refractivity contribution >= 4 is 5.91 Å². The van der Waals surface area contributed by atoms with Crippen molar-refractivity contribution in [2.45, 2.75) is 19.3 Å². The molecular weight excluding hydrogens is 164 g/mol. The predicted octanol–water partition coefficient (Wildman–Crippen LogP) is 0.994. The molecule has 1 aliphatic rings. The highest BCUT2D eigenvalue weighted by Crippen LogP contribution is 2.22. The van der Waals surface area contributed by atoms with Crippen LogP contribution in [0.3, 0.4) is 0 Å². The van der Waals surface area contributed by atoms with Gasteiger partial charge in [-0.15, -0.1) is 0 Å². The Balaban J connectivity index is 2.21. The second-order valence-electron chi connectivity index (χ2n) is 3.50. The molecule has 1 N–H and O–H groups in total. The fourth-order valence-electron chi connectivity index (χ4n) is 1.64. The first-order valence-electron chi connectivity index (χ1n) is 4.44. The number of rotatable bonds is 1. The summed E-state index contributed by atoms with van der Waals surface area (Å²) in [4.78, 5) is 15.1. The largest absolute Gasteiger partial charge is 0.355 e. The number of nitrogens with zero attached hydrogens (tertiary/aromatic N) is 1. The molecule has 1 unspecified atom stereocenters. The molecule has 0 saturated carbocycles. The third-order valence-electron chi connectivity index (χ3n) is 2.34. The molecule has 2 rings (SSSR count). The highest BCUT2D eigenvalue weighted by atomic mass is 16.1. The van der Waals surface area contributed by atoms with Gasteiger partial charge in [-0.2, -0.15) is 0 Å². The Morgan fingerprint density at radius 1 is 1.54 bits per heavy atom. The highest BCUT2D eigenvalue weighted by Gasteiger charge is 2.22. The van der Waals surface area contributed by atoms with Crippen LogP contribution in [-0.4, -0.2) is 17.4 Å². The summed E-state index contributed by atoms with van der Waals surface area (Å²) in [7, 11) is 0. The van der Waals surface area contributed by atoms with E-state index < -0.39 is 0 Å². The van der Waals surface area contributed by atoms with Crippen molar-refractivity contribution in [3.63, 3.8) is 0 Å². The van der Waals surface area contributed by atoms with Crippen molar-refractivity contribution in [3.05, 3.63) is 29.6 Å². The maximum absolute atomic E-state index is 11.0. The van der Waals surface area contributed by atoms with Gasteiger partial charge in [0.1, 0.15) is 0 Å². The number of carbonyl (C=O) groups excluding carboxylic acids is 1. The van der Waals surface area contributed by atoms with Crippen molar-refractivity contribution in [3.8, 4) is 0 Å². The number of aromatic nitrogens is 1. The van der Waals surface area contributed by atoms with Crippen LogP contribution in [0.25, 0.3) is 0 Å². The Hall–Kier alpha value is -1.38. The summed E-state index contributed by atoms with van der Waals surface area (Å²) < 4.78 is 0. The summed E-state index contributed by atoms with van der Waals surface area (Å²) in [5, 5.41) is 2.82. The Kier molecular flexibility index (Phi) is 2.00. The molecule has 1 aliphatic heterocycles. The van der Waals surface area contributed by atoms with E-state index in [0.29, 0.717) is 12.3 Å². The Labute approximate surface area is 77.2 Å². The normalized spacial score (nSPS) is 21.6. The van der Waals surface area contributed by atoms with Crippen LogP contribution in [0.5, 0.6) is 0 Å². The minimum Gasteiger partial charge on any atom is -0.355 e. The molecule has 1 aromatic rings. The molecule has 1 amide bonds. The first kappa shape index (κ1) is 8.23. The highest BCUT2D eigenvalue weighted by molar-refractivity contribution is 5.79. The zero-order chi connectivity index (χ0) is 9.26. The molecule has 0 bridgehead atoms. The molecule has 0 aliphatic carbocycles. The molecule has 1 atom stereocenters. The SMILES string of the molecule is Cc1cncc(C2CNC(=O)C2)c1. The van der Waals surface area contributed by atoms with Gasteiger partial charge < -0.3 is 5.32 Å². The lowest BCUT2D eigenvalue weighted by molar-refractivity contribution is -0.119. The third kappa shape index (κ3) is 1.69. The molecular formula is C10H12N2O. The summed E-state index contributed by atoms with van der Waals surface area (Å²) in [6.45, 7) is 2.77. The predicted molar refractivity (Wildman–Crippen MR) is 49.3 cm³/mol. The van der Waals surface area contributed by atoms with Crippen LogP contribution >= 0.6 is 0 Å². The zero-order valence-corrected chi connectivity index (χ0v) is 7.58. The summed E-state index contributed by atoms with van der Waals surface area (Å²) >= 11 is 0. The molecule has 1 aromatic heterocycles.